The lowest BCUT2D eigenvalue weighted by Gasteiger charge is -2.11. The van der Waals surface area contributed by atoms with E-state index in [-0.39, 0.29) is 40.9 Å². The zero-order valence-electron chi connectivity index (χ0n) is 12.1. The molecule has 0 aromatic heterocycles. The van der Waals surface area contributed by atoms with E-state index in [1.54, 1.807) is 0 Å². The van der Waals surface area contributed by atoms with Crippen molar-refractivity contribution < 1.29 is 24.0 Å². The number of amides is 2. The van der Waals surface area contributed by atoms with Crippen LogP contribution in [0.2, 0.25) is 5.02 Å². The van der Waals surface area contributed by atoms with Gasteiger partial charge in [0.2, 0.25) is 5.91 Å². The number of non-ortho nitro benzene ring substituents is 1. The summed E-state index contributed by atoms with van der Waals surface area (Å²) < 4.78 is 4.76. The zero-order valence-corrected chi connectivity index (χ0v) is 12.8. The third-order valence-corrected chi connectivity index (χ3v) is 3.24. The Morgan fingerprint density at radius 2 is 2.17 bits per heavy atom. The summed E-state index contributed by atoms with van der Waals surface area (Å²) in [6.07, 6.45) is 0.215. The molecule has 126 valence electrons. The Balaban J connectivity index is 1.92. The highest BCUT2D eigenvalue weighted by atomic mass is 35.5. The van der Waals surface area contributed by atoms with E-state index in [1.807, 2.05) is 0 Å². The number of rotatable bonds is 5. The first kappa shape index (κ1) is 17.3. The largest absolute Gasteiger partial charge is 0.451 e. The average Bonchev–Trinajstić information content (AvgIpc) is 2.55. The molecule has 24 heavy (non-hydrogen) atoms. The zero-order chi connectivity index (χ0) is 17.7. The summed E-state index contributed by atoms with van der Waals surface area (Å²) in [4.78, 5) is 44.4. The summed E-state index contributed by atoms with van der Waals surface area (Å²) >= 11 is 5.84. The van der Waals surface area contributed by atoms with Crippen molar-refractivity contribution in [2.75, 3.05) is 11.9 Å². The number of hydrogen-bond acceptors (Lipinski definition) is 7. The molecule has 2 rings (SSSR count). The van der Waals surface area contributed by atoms with E-state index in [1.165, 1.54) is 12.1 Å². The van der Waals surface area contributed by atoms with Crippen LogP contribution in [-0.4, -0.2) is 35.0 Å². The molecule has 1 aliphatic rings. The molecule has 0 saturated heterocycles. The number of anilines is 1. The topological polar surface area (TPSA) is 140 Å². The molecule has 0 radical (unpaired) electrons. The minimum Gasteiger partial charge on any atom is -0.451 e. The van der Waals surface area contributed by atoms with Crippen molar-refractivity contribution in [2.45, 2.75) is 12.8 Å². The maximum absolute atomic E-state index is 11.8. The summed E-state index contributed by atoms with van der Waals surface area (Å²) in [5, 5.41) is 16.6. The van der Waals surface area contributed by atoms with Crippen molar-refractivity contribution in [3.8, 4) is 0 Å². The molecule has 1 aromatic carbocycles. The molecule has 0 saturated carbocycles. The van der Waals surface area contributed by atoms with Gasteiger partial charge in [0, 0.05) is 25.0 Å². The second-order valence-electron chi connectivity index (χ2n) is 4.64. The van der Waals surface area contributed by atoms with Crippen LogP contribution in [0.15, 0.2) is 23.3 Å². The fraction of sp³-hybridized carbons (Fsp3) is 0.231. The quantitative estimate of drug-likeness (QED) is 0.459. The molecule has 11 heteroatoms. The van der Waals surface area contributed by atoms with E-state index >= 15 is 0 Å². The number of benzene rings is 1. The maximum Gasteiger partial charge on any atom is 0.355 e. The van der Waals surface area contributed by atoms with E-state index in [0.717, 1.165) is 6.07 Å². The Morgan fingerprint density at radius 1 is 1.42 bits per heavy atom. The standard InChI is InChI=1S/C13H11ClN4O6/c14-8-2-1-7(18(22)23)5-10(8)15-12(20)6-24-13(21)9-3-4-11(19)17-16-9/h1-2,5H,3-4,6H2,(H,15,20)(H,17,19). The first-order chi connectivity index (χ1) is 11.4. The van der Waals surface area contributed by atoms with Crippen LogP contribution in [0.4, 0.5) is 11.4 Å². The van der Waals surface area contributed by atoms with Crippen LogP contribution in [0, 0.1) is 10.1 Å². The molecule has 2 amide bonds. The Kier molecular flexibility index (Phi) is 5.42. The molecule has 0 aliphatic carbocycles. The van der Waals surface area contributed by atoms with Crippen molar-refractivity contribution in [3.05, 3.63) is 33.3 Å². The normalized spacial score (nSPS) is 13.5. The maximum atomic E-state index is 11.8. The number of hydrogen-bond donors (Lipinski definition) is 2. The first-order valence-electron chi connectivity index (χ1n) is 6.63. The van der Waals surface area contributed by atoms with Crippen molar-refractivity contribution in [1.29, 1.82) is 0 Å². The van der Waals surface area contributed by atoms with Crippen LogP contribution in [0.3, 0.4) is 0 Å². The fourth-order valence-electron chi connectivity index (χ4n) is 1.74. The van der Waals surface area contributed by atoms with Crippen LogP contribution < -0.4 is 10.7 Å². The SMILES string of the molecule is O=C1CCC(C(=O)OCC(=O)Nc2cc([N+](=O)[O-])ccc2Cl)=NN1. The van der Waals surface area contributed by atoms with Gasteiger partial charge in [-0.15, -0.1) is 0 Å². The molecule has 1 aromatic rings. The minimum absolute atomic E-state index is 0.00391. The van der Waals surface area contributed by atoms with Gasteiger partial charge in [-0.05, 0) is 6.07 Å². The number of carbonyl (C=O) groups is 3. The summed E-state index contributed by atoms with van der Waals surface area (Å²) in [5.41, 5.74) is 1.90. The highest BCUT2D eigenvalue weighted by Crippen LogP contribution is 2.26. The first-order valence-corrected chi connectivity index (χ1v) is 7.01. The number of carbonyl (C=O) groups excluding carboxylic acids is 3. The van der Waals surface area contributed by atoms with Gasteiger partial charge < -0.3 is 10.1 Å². The van der Waals surface area contributed by atoms with Crippen molar-refractivity contribution in [3.63, 3.8) is 0 Å². The lowest BCUT2D eigenvalue weighted by atomic mass is 10.2. The van der Waals surface area contributed by atoms with Crippen molar-refractivity contribution in [2.24, 2.45) is 5.10 Å². The summed E-state index contributed by atoms with van der Waals surface area (Å²) in [6, 6.07) is 3.54. The van der Waals surface area contributed by atoms with E-state index < -0.39 is 23.4 Å². The highest BCUT2D eigenvalue weighted by Gasteiger charge is 2.20. The fourth-order valence-corrected chi connectivity index (χ4v) is 1.91. The Hall–Kier alpha value is -3.01. The average molecular weight is 355 g/mol. The smallest absolute Gasteiger partial charge is 0.355 e. The van der Waals surface area contributed by atoms with Gasteiger partial charge in [0.1, 0.15) is 5.71 Å². The van der Waals surface area contributed by atoms with Gasteiger partial charge in [-0.3, -0.25) is 19.7 Å². The van der Waals surface area contributed by atoms with Gasteiger partial charge in [-0.25, -0.2) is 10.2 Å². The molecule has 0 spiro atoms. The van der Waals surface area contributed by atoms with Crippen LogP contribution in [0.25, 0.3) is 0 Å². The number of nitrogens with zero attached hydrogens (tertiary/aromatic N) is 2. The molecule has 0 fully saturated rings. The van der Waals surface area contributed by atoms with E-state index in [2.05, 4.69) is 15.8 Å². The lowest BCUT2D eigenvalue weighted by Crippen LogP contribution is -2.32. The third-order valence-electron chi connectivity index (χ3n) is 2.91. The molecular weight excluding hydrogens is 344 g/mol. The number of hydrazone groups is 1. The molecule has 10 nitrogen and oxygen atoms in total. The van der Waals surface area contributed by atoms with Crippen LogP contribution in [-0.2, 0) is 19.1 Å². The molecule has 0 bridgehead atoms. The number of ether oxygens (including phenoxy) is 1. The molecule has 1 aliphatic heterocycles. The van der Waals surface area contributed by atoms with Crippen LogP contribution >= 0.6 is 11.6 Å². The predicted octanol–water partition coefficient (Wildman–Crippen LogP) is 0.996. The van der Waals surface area contributed by atoms with Gasteiger partial charge in [0.25, 0.3) is 11.6 Å². The third kappa shape index (κ3) is 4.49. The van der Waals surface area contributed by atoms with Gasteiger partial charge >= 0.3 is 5.97 Å². The van der Waals surface area contributed by atoms with Crippen LogP contribution in [0.1, 0.15) is 12.8 Å². The second-order valence-corrected chi connectivity index (χ2v) is 5.05. The summed E-state index contributed by atoms with van der Waals surface area (Å²) in [7, 11) is 0. The summed E-state index contributed by atoms with van der Waals surface area (Å²) in [6.45, 7) is -0.634. The van der Waals surface area contributed by atoms with Gasteiger partial charge in [0.15, 0.2) is 6.61 Å². The number of nitro groups is 1. The number of nitrogens with one attached hydrogen (secondary N) is 2. The molecule has 0 unspecified atom stereocenters. The highest BCUT2D eigenvalue weighted by molar-refractivity contribution is 6.37. The minimum atomic E-state index is -0.838. The Morgan fingerprint density at radius 3 is 2.79 bits per heavy atom. The molecule has 0 atom stereocenters. The van der Waals surface area contributed by atoms with E-state index in [0.29, 0.717) is 0 Å². The van der Waals surface area contributed by atoms with E-state index in [9.17, 15) is 24.5 Å². The van der Waals surface area contributed by atoms with Gasteiger partial charge in [0.05, 0.1) is 15.6 Å². The second kappa shape index (κ2) is 7.51. The number of halogens is 1. The van der Waals surface area contributed by atoms with Crippen molar-refractivity contribution >= 4 is 46.5 Å². The van der Waals surface area contributed by atoms with E-state index in [4.69, 9.17) is 16.3 Å². The van der Waals surface area contributed by atoms with Crippen LogP contribution in [0.5, 0.6) is 0 Å². The van der Waals surface area contributed by atoms with Crippen molar-refractivity contribution in [1.82, 2.24) is 5.43 Å². The number of nitro benzene ring substituents is 1. The van der Waals surface area contributed by atoms with Gasteiger partial charge in [-0.1, -0.05) is 11.6 Å². The lowest BCUT2D eigenvalue weighted by molar-refractivity contribution is -0.384. The Labute approximate surface area is 139 Å². The predicted molar refractivity (Wildman–Crippen MR) is 82.5 cm³/mol. The number of esters is 1. The van der Waals surface area contributed by atoms with Gasteiger partial charge in [-0.2, -0.15) is 5.10 Å². The molecule has 2 N–H and O–H groups in total. The molecular formula is C13H11ClN4O6. The molecule has 1 heterocycles. The summed E-state index contributed by atoms with van der Waals surface area (Å²) in [5.74, 6) is -1.88. The Bertz CT molecular complexity index is 748. The monoisotopic (exact) mass is 354 g/mol.